The molecule has 1 unspecified atom stereocenters. The molecule has 0 radical (unpaired) electrons. The van der Waals surface area contributed by atoms with E-state index in [4.69, 9.17) is 0 Å². The summed E-state index contributed by atoms with van der Waals surface area (Å²) < 4.78 is 2.07. The zero-order valence-electron chi connectivity index (χ0n) is 6.60. The first-order chi connectivity index (χ1) is 4.84. The molecule has 0 N–H and O–H groups in total. The number of hydrogen-bond donors (Lipinski definition) is 0. The first-order valence-corrected chi connectivity index (χ1v) is 3.43. The van der Waals surface area contributed by atoms with Crippen LogP contribution in [-0.2, 0) is 0 Å². The lowest BCUT2D eigenvalue weighted by Gasteiger charge is -2.08. The minimum absolute atomic E-state index is 0. The molecule has 0 aromatic carbocycles. The van der Waals surface area contributed by atoms with Gasteiger partial charge in [0.15, 0.2) is 0 Å². The van der Waals surface area contributed by atoms with E-state index in [0.29, 0.717) is 6.04 Å². The third-order valence-electron chi connectivity index (χ3n) is 1.54. The molecular weight excluding hydrogens is 204 g/mol. The van der Waals surface area contributed by atoms with E-state index in [2.05, 4.69) is 23.1 Å². The lowest BCUT2D eigenvalue weighted by atomic mass is 10.2. The molecule has 11 heavy (non-hydrogen) atoms. The molecule has 0 saturated heterocycles. The van der Waals surface area contributed by atoms with E-state index < -0.39 is 0 Å². The molecule has 1 aromatic rings. The highest BCUT2D eigenvalue weighted by atomic mass is 79.9. The van der Waals surface area contributed by atoms with Crippen molar-refractivity contribution >= 4 is 17.0 Å². The third kappa shape index (κ3) is 2.89. The van der Waals surface area contributed by atoms with Crippen LogP contribution in [0.1, 0.15) is 19.4 Å². The molecule has 0 fully saturated rings. The molecule has 1 aromatic heterocycles. The summed E-state index contributed by atoms with van der Waals surface area (Å²) in [6.07, 6.45) is 8.50. The van der Waals surface area contributed by atoms with Gasteiger partial charge in [0, 0.05) is 18.4 Å². The topological polar surface area (TPSA) is 17.8 Å². The molecule has 0 aliphatic rings. The first kappa shape index (κ1) is 10.4. The van der Waals surface area contributed by atoms with Gasteiger partial charge in [0.05, 0.1) is 6.33 Å². The molecule has 0 aliphatic heterocycles. The Morgan fingerprint density at radius 1 is 1.73 bits per heavy atom. The Balaban J connectivity index is 0.000001000. The Morgan fingerprint density at radius 2 is 2.45 bits per heavy atom. The number of hydrogen-bond acceptors (Lipinski definition) is 1. The maximum Gasteiger partial charge on any atom is 0.0948 e. The molecule has 1 rings (SSSR count). The second kappa shape index (κ2) is 5.13. The smallest absolute Gasteiger partial charge is 0.0948 e. The maximum absolute atomic E-state index is 3.95. The summed E-state index contributed by atoms with van der Waals surface area (Å²) in [5.74, 6) is 0. The van der Waals surface area contributed by atoms with E-state index in [1.807, 2.05) is 18.6 Å². The molecule has 0 bridgehead atoms. The molecule has 0 spiro atoms. The van der Waals surface area contributed by atoms with Gasteiger partial charge >= 0.3 is 0 Å². The number of aromatic nitrogens is 2. The molecular formula is C8H13BrN2. The average molecular weight is 217 g/mol. The van der Waals surface area contributed by atoms with Gasteiger partial charge in [0.2, 0.25) is 0 Å². The second-order valence-electron chi connectivity index (χ2n) is 2.38. The summed E-state index contributed by atoms with van der Waals surface area (Å²) in [5, 5.41) is 0. The van der Waals surface area contributed by atoms with E-state index in [9.17, 15) is 0 Å². The first-order valence-electron chi connectivity index (χ1n) is 3.43. The van der Waals surface area contributed by atoms with Gasteiger partial charge in [0.1, 0.15) is 0 Å². The van der Waals surface area contributed by atoms with Crippen molar-refractivity contribution in [3.63, 3.8) is 0 Å². The number of allylic oxidation sites excluding steroid dienone is 1. The molecule has 62 valence electrons. The van der Waals surface area contributed by atoms with Gasteiger partial charge < -0.3 is 4.57 Å². The second-order valence-corrected chi connectivity index (χ2v) is 2.38. The normalized spacial score (nSPS) is 11.7. The van der Waals surface area contributed by atoms with Crippen LogP contribution in [0.5, 0.6) is 0 Å². The fourth-order valence-corrected chi connectivity index (χ4v) is 0.893. The Hall–Kier alpha value is -0.570. The van der Waals surface area contributed by atoms with E-state index >= 15 is 0 Å². The van der Waals surface area contributed by atoms with Gasteiger partial charge in [0.25, 0.3) is 0 Å². The van der Waals surface area contributed by atoms with Gasteiger partial charge in [-0.15, -0.1) is 23.6 Å². The van der Waals surface area contributed by atoms with Crippen LogP contribution in [-0.4, -0.2) is 9.55 Å². The predicted molar refractivity (Wildman–Crippen MR) is 52.1 cm³/mol. The Bertz CT molecular complexity index is 194. The Labute approximate surface area is 77.7 Å². The van der Waals surface area contributed by atoms with Crippen LogP contribution in [0.15, 0.2) is 31.4 Å². The molecule has 0 aliphatic carbocycles. The monoisotopic (exact) mass is 216 g/mol. The van der Waals surface area contributed by atoms with Crippen molar-refractivity contribution in [3.05, 3.63) is 31.4 Å². The zero-order chi connectivity index (χ0) is 7.40. The van der Waals surface area contributed by atoms with Crippen molar-refractivity contribution in [1.82, 2.24) is 9.55 Å². The van der Waals surface area contributed by atoms with Crippen molar-refractivity contribution < 1.29 is 0 Å². The Kier molecular flexibility index (Phi) is 4.86. The number of halogens is 1. The summed E-state index contributed by atoms with van der Waals surface area (Å²) in [7, 11) is 0. The van der Waals surface area contributed by atoms with Crippen molar-refractivity contribution in [2.75, 3.05) is 0 Å². The van der Waals surface area contributed by atoms with Gasteiger partial charge in [-0.3, -0.25) is 0 Å². The van der Waals surface area contributed by atoms with E-state index in [-0.39, 0.29) is 17.0 Å². The number of imidazole rings is 1. The summed E-state index contributed by atoms with van der Waals surface area (Å²) in [4.78, 5) is 3.95. The minimum Gasteiger partial charge on any atom is -0.334 e. The van der Waals surface area contributed by atoms with Crippen LogP contribution in [0.3, 0.4) is 0 Å². The molecule has 0 saturated carbocycles. The highest BCUT2D eigenvalue weighted by Gasteiger charge is 1.98. The molecule has 0 amide bonds. The van der Waals surface area contributed by atoms with Crippen LogP contribution in [0.4, 0.5) is 0 Å². The number of nitrogens with zero attached hydrogens (tertiary/aromatic N) is 2. The van der Waals surface area contributed by atoms with Crippen molar-refractivity contribution in [2.24, 2.45) is 0 Å². The van der Waals surface area contributed by atoms with Crippen molar-refractivity contribution in [1.29, 1.82) is 0 Å². The van der Waals surface area contributed by atoms with Crippen LogP contribution >= 0.6 is 17.0 Å². The molecule has 2 nitrogen and oxygen atoms in total. The average Bonchev–Trinajstić information content (AvgIpc) is 2.38. The maximum atomic E-state index is 3.95. The van der Waals surface area contributed by atoms with Gasteiger partial charge in [-0.1, -0.05) is 6.08 Å². The Morgan fingerprint density at radius 3 is 2.91 bits per heavy atom. The van der Waals surface area contributed by atoms with Gasteiger partial charge in [-0.05, 0) is 13.3 Å². The van der Waals surface area contributed by atoms with E-state index in [0.717, 1.165) is 6.42 Å². The van der Waals surface area contributed by atoms with Crippen molar-refractivity contribution in [2.45, 2.75) is 19.4 Å². The van der Waals surface area contributed by atoms with Crippen LogP contribution in [0.25, 0.3) is 0 Å². The standard InChI is InChI=1S/C8H12N2.BrH/c1-3-4-8(2)10-6-5-9-7-10;/h3,5-8H,1,4H2,2H3;1H. The minimum atomic E-state index is 0. The highest BCUT2D eigenvalue weighted by Crippen LogP contribution is 2.08. The summed E-state index contributed by atoms with van der Waals surface area (Å²) in [6.45, 7) is 5.82. The quantitative estimate of drug-likeness (QED) is 0.711. The summed E-state index contributed by atoms with van der Waals surface area (Å²) >= 11 is 0. The largest absolute Gasteiger partial charge is 0.334 e. The highest BCUT2D eigenvalue weighted by molar-refractivity contribution is 8.93. The van der Waals surface area contributed by atoms with Crippen molar-refractivity contribution in [3.8, 4) is 0 Å². The summed E-state index contributed by atoms with van der Waals surface area (Å²) in [5.41, 5.74) is 0. The summed E-state index contributed by atoms with van der Waals surface area (Å²) in [6, 6.07) is 0.486. The van der Waals surface area contributed by atoms with Gasteiger partial charge in [-0.25, -0.2) is 4.98 Å². The lowest BCUT2D eigenvalue weighted by molar-refractivity contribution is 0.554. The number of rotatable bonds is 3. The SMILES string of the molecule is Br.C=CCC(C)n1ccnc1. The lowest BCUT2D eigenvalue weighted by Crippen LogP contribution is -1.99. The van der Waals surface area contributed by atoms with Crippen LogP contribution < -0.4 is 0 Å². The predicted octanol–water partition coefficient (Wildman–Crippen LogP) is 2.60. The zero-order valence-corrected chi connectivity index (χ0v) is 8.32. The molecule has 1 heterocycles. The fraction of sp³-hybridized carbons (Fsp3) is 0.375. The molecule has 1 atom stereocenters. The van der Waals surface area contributed by atoms with E-state index in [1.165, 1.54) is 0 Å². The van der Waals surface area contributed by atoms with E-state index in [1.54, 1.807) is 6.20 Å². The fourth-order valence-electron chi connectivity index (χ4n) is 0.893. The third-order valence-corrected chi connectivity index (χ3v) is 1.54. The molecule has 3 heteroatoms. The van der Waals surface area contributed by atoms with Crippen LogP contribution in [0.2, 0.25) is 0 Å². The van der Waals surface area contributed by atoms with Crippen LogP contribution in [0, 0.1) is 0 Å². The van der Waals surface area contributed by atoms with Gasteiger partial charge in [-0.2, -0.15) is 0 Å².